The first-order valence-electron chi connectivity index (χ1n) is 9.57. The Morgan fingerprint density at radius 3 is 2.52 bits per heavy atom. The average molecular weight is 502 g/mol. The highest BCUT2D eigenvalue weighted by Gasteiger charge is 2.35. The van der Waals surface area contributed by atoms with E-state index in [4.69, 9.17) is 27.9 Å². The van der Waals surface area contributed by atoms with E-state index in [1.54, 1.807) is 48.5 Å². The SMILES string of the molecule is O=C(Oc1cccc(/C=C2\SC(=O)N(Cc3ccc(F)cc3Cl)C2=O)c1)c1ccc(Cl)cc1. The number of carbonyl (C=O) groups excluding carboxylic acids is 3. The van der Waals surface area contributed by atoms with Gasteiger partial charge in [0.05, 0.1) is 17.0 Å². The summed E-state index contributed by atoms with van der Waals surface area (Å²) in [5.74, 6) is -1.27. The molecule has 4 rings (SSSR count). The number of benzene rings is 3. The van der Waals surface area contributed by atoms with E-state index in [1.165, 1.54) is 18.2 Å². The quantitative estimate of drug-likeness (QED) is 0.224. The first-order chi connectivity index (χ1) is 15.8. The predicted octanol–water partition coefficient (Wildman–Crippen LogP) is 6.59. The van der Waals surface area contributed by atoms with Crippen molar-refractivity contribution in [2.24, 2.45) is 0 Å². The minimum Gasteiger partial charge on any atom is -0.423 e. The number of carbonyl (C=O) groups is 3. The lowest BCUT2D eigenvalue weighted by atomic mass is 10.2. The highest BCUT2D eigenvalue weighted by Crippen LogP contribution is 2.34. The number of thioether (sulfide) groups is 1. The Labute approximate surface area is 202 Å². The molecule has 33 heavy (non-hydrogen) atoms. The van der Waals surface area contributed by atoms with Crippen molar-refractivity contribution in [3.05, 3.63) is 104 Å². The standard InChI is InChI=1S/C24H14Cl2FNO4S/c25-17-7-4-15(5-8-17)23(30)32-19-3-1-2-14(10-19)11-21-22(29)28(24(31)33-21)13-16-6-9-18(27)12-20(16)26/h1-12H,13H2/b21-11-. The van der Waals surface area contributed by atoms with Gasteiger partial charge in [0.2, 0.25) is 0 Å². The molecular formula is C24H14Cl2FNO4S. The molecule has 3 aromatic carbocycles. The number of hydrogen-bond acceptors (Lipinski definition) is 5. The number of amides is 2. The average Bonchev–Trinajstić information content (AvgIpc) is 3.03. The summed E-state index contributed by atoms with van der Waals surface area (Å²) in [5, 5.41) is 0.175. The number of halogens is 3. The van der Waals surface area contributed by atoms with Crippen molar-refractivity contribution in [3.8, 4) is 5.75 Å². The van der Waals surface area contributed by atoms with Gasteiger partial charge in [0.1, 0.15) is 11.6 Å². The number of imide groups is 1. The fourth-order valence-corrected chi connectivity index (χ4v) is 4.22. The second-order valence-corrected chi connectivity index (χ2v) is 8.81. The van der Waals surface area contributed by atoms with Gasteiger partial charge in [-0.3, -0.25) is 14.5 Å². The molecule has 0 radical (unpaired) electrons. The molecule has 1 heterocycles. The van der Waals surface area contributed by atoms with Crippen molar-refractivity contribution in [2.75, 3.05) is 0 Å². The zero-order chi connectivity index (χ0) is 23.5. The Balaban J connectivity index is 1.49. The third-order valence-electron chi connectivity index (χ3n) is 4.66. The minimum absolute atomic E-state index is 0.0696. The summed E-state index contributed by atoms with van der Waals surface area (Å²) in [4.78, 5) is 38.7. The van der Waals surface area contributed by atoms with Crippen molar-refractivity contribution < 1.29 is 23.5 Å². The second-order valence-electron chi connectivity index (χ2n) is 6.97. The van der Waals surface area contributed by atoms with Gasteiger partial charge in [0.15, 0.2) is 0 Å². The molecule has 0 bridgehead atoms. The zero-order valence-electron chi connectivity index (χ0n) is 16.8. The van der Waals surface area contributed by atoms with Crippen LogP contribution in [0.4, 0.5) is 9.18 Å². The van der Waals surface area contributed by atoms with Crippen LogP contribution in [-0.4, -0.2) is 22.0 Å². The van der Waals surface area contributed by atoms with E-state index in [9.17, 15) is 18.8 Å². The van der Waals surface area contributed by atoms with Crippen LogP contribution in [0.5, 0.6) is 5.75 Å². The molecule has 0 spiro atoms. The van der Waals surface area contributed by atoms with Crippen LogP contribution in [0.3, 0.4) is 0 Å². The number of rotatable bonds is 5. The van der Waals surface area contributed by atoms with E-state index in [-0.39, 0.29) is 22.2 Å². The highest BCUT2D eigenvalue weighted by molar-refractivity contribution is 8.18. The summed E-state index contributed by atoms with van der Waals surface area (Å²) in [6, 6.07) is 16.6. The predicted molar refractivity (Wildman–Crippen MR) is 126 cm³/mol. The van der Waals surface area contributed by atoms with Gasteiger partial charge >= 0.3 is 5.97 Å². The molecule has 2 amide bonds. The summed E-state index contributed by atoms with van der Waals surface area (Å²) in [6.45, 7) is -0.0696. The largest absolute Gasteiger partial charge is 0.423 e. The fourth-order valence-electron chi connectivity index (χ4n) is 3.03. The van der Waals surface area contributed by atoms with E-state index in [0.717, 1.165) is 22.7 Å². The first kappa shape index (κ1) is 23.0. The number of esters is 1. The Morgan fingerprint density at radius 1 is 1.03 bits per heavy atom. The third kappa shape index (κ3) is 5.45. The molecular weight excluding hydrogens is 488 g/mol. The highest BCUT2D eigenvalue weighted by atomic mass is 35.5. The van der Waals surface area contributed by atoms with Gasteiger partial charge < -0.3 is 4.74 Å². The fraction of sp³-hybridized carbons (Fsp3) is 0.0417. The maximum absolute atomic E-state index is 13.3. The molecule has 3 aromatic rings. The van der Waals surface area contributed by atoms with Crippen LogP contribution in [0.1, 0.15) is 21.5 Å². The van der Waals surface area contributed by atoms with E-state index < -0.39 is 22.9 Å². The molecule has 9 heteroatoms. The van der Waals surface area contributed by atoms with E-state index in [0.29, 0.717) is 21.7 Å². The molecule has 166 valence electrons. The molecule has 1 saturated heterocycles. The van der Waals surface area contributed by atoms with Crippen molar-refractivity contribution in [1.82, 2.24) is 4.90 Å². The Hall–Kier alpha value is -3.13. The minimum atomic E-state index is -0.555. The lowest BCUT2D eigenvalue weighted by molar-refractivity contribution is -0.123. The van der Waals surface area contributed by atoms with E-state index in [1.807, 2.05) is 0 Å². The smallest absolute Gasteiger partial charge is 0.343 e. The summed E-state index contributed by atoms with van der Waals surface area (Å²) in [6.07, 6.45) is 1.54. The van der Waals surface area contributed by atoms with Gasteiger partial charge in [-0.05, 0) is 77.5 Å². The van der Waals surface area contributed by atoms with Gasteiger partial charge in [-0.2, -0.15) is 0 Å². The Morgan fingerprint density at radius 2 is 1.79 bits per heavy atom. The molecule has 0 atom stereocenters. The molecule has 1 fully saturated rings. The second kappa shape index (κ2) is 9.79. The van der Waals surface area contributed by atoms with Crippen LogP contribution in [0, 0.1) is 5.82 Å². The van der Waals surface area contributed by atoms with Crippen molar-refractivity contribution >= 4 is 58.2 Å². The molecule has 0 N–H and O–H groups in total. The number of nitrogens with zero attached hydrogens (tertiary/aromatic N) is 1. The lowest BCUT2D eigenvalue weighted by Gasteiger charge is -2.13. The van der Waals surface area contributed by atoms with Crippen LogP contribution >= 0.6 is 35.0 Å². The van der Waals surface area contributed by atoms with Crippen LogP contribution in [0.25, 0.3) is 6.08 Å². The van der Waals surface area contributed by atoms with Gasteiger partial charge in [-0.25, -0.2) is 9.18 Å². The van der Waals surface area contributed by atoms with Crippen molar-refractivity contribution in [2.45, 2.75) is 6.54 Å². The van der Waals surface area contributed by atoms with Crippen LogP contribution < -0.4 is 4.74 Å². The monoisotopic (exact) mass is 501 g/mol. The Kier molecular flexibility index (Phi) is 6.83. The first-order valence-corrected chi connectivity index (χ1v) is 11.1. The normalized spacial score (nSPS) is 14.8. The topological polar surface area (TPSA) is 63.7 Å². The van der Waals surface area contributed by atoms with Gasteiger partial charge in [-0.1, -0.05) is 41.4 Å². The summed E-state index contributed by atoms with van der Waals surface area (Å²) in [5.41, 5.74) is 1.37. The molecule has 0 unspecified atom stereocenters. The molecule has 5 nitrogen and oxygen atoms in total. The maximum atomic E-state index is 13.3. The van der Waals surface area contributed by atoms with Crippen LogP contribution in [-0.2, 0) is 11.3 Å². The number of hydrogen-bond donors (Lipinski definition) is 0. The van der Waals surface area contributed by atoms with Crippen molar-refractivity contribution in [1.29, 1.82) is 0 Å². The van der Waals surface area contributed by atoms with Crippen LogP contribution in [0.15, 0.2) is 71.6 Å². The summed E-state index contributed by atoms with van der Waals surface area (Å²) in [7, 11) is 0. The summed E-state index contributed by atoms with van der Waals surface area (Å²) < 4.78 is 18.7. The Bertz CT molecular complexity index is 1290. The van der Waals surface area contributed by atoms with E-state index in [2.05, 4.69) is 0 Å². The molecule has 0 aliphatic carbocycles. The molecule has 1 aliphatic rings. The van der Waals surface area contributed by atoms with Gasteiger partial charge in [-0.15, -0.1) is 0 Å². The molecule has 0 aromatic heterocycles. The molecule has 1 aliphatic heterocycles. The lowest BCUT2D eigenvalue weighted by Crippen LogP contribution is -2.27. The van der Waals surface area contributed by atoms with E-state index >= 15 is 0 Å². The summed E-state index contributed by atoms with van der Waals surface area (Å²) >= 11 is 12.6. The zero-order valence-corrected chi connectivity index (χ0v) is 19.1. The van der Waals surface area contributed by atoms with Gasteiger partial charge in [0.25, 0.3) is 11.1 Å². The van der Waals surface area contributed by atoms with Crippen LogP contribution in [0.2, 0.25) is 10.0 Å². The number of ether oxygens (including phenoxy) is 1. The van der Waals surface area contributed by atoms with Gasteiger partial charge in [0, 0.05) is 10.0 Å². The third-order valence-corrected chi connectivity index (χ3v) is 6.17. The van der Waals surface area contributed by atoms with Crippen molar-refractivity contribution in [3.63, 3.8) is 0 Å². The maximum Gasteiger partial charge on any atom is 0.343 e. The molecule has 0 saturated carbocycles.